The van der Waals surface area contributed by atoms with Crippen LogP contribution >= 0.6 is 0 Å². The molecule has 288 valence electrons. The van der Waals surface area contributed by atoms with Crippen LogP contribution in [0.15, 0.2) is 212 Å². The minimum absolute atomic E-state index is 0.617. The predicted octanol–water partition coefficient (Wildman–Crippen LogP) is 14.5. The Hall–Kier alpha value is -8.41. The summed E-state index contributed by atoms with van der Waals surface area (Å²) in [7, 11) is 0. The van der Waals surface area contributed by atoms with Gasteiger partial charge in [-0.3, -0.25) is 0 Å². The second-order valence-electron chi connectivity index (χ2n) is 16.0. The monoisotopic (exact) mass is 789 g/mol. The molecule has 0 unspecified atom stereocenters. The molecule has 0 fully saturated rings. The van der Waals surface area contributed by atoms with Gasteiger partial charge in [0, 0.05) is 49.6 Å². The Balaban J connectivity index is 1.17. The Kier molecular flexibility index (Phi) is 7.54. The summed E-state index contributed by atoms with van der Waals surface area (Å²) in [5.41, 5.74) is 9.52. The van der Waals surface area contributed by atoms with Crippen molar-refractivity contribution in [1.82, 2.24) is 24.1 Å². The largest absolute Gasteiger partial charge is 0.307 e. The van der Waals surface area contributed by atoms with Gasteiger partial charge in [0.15, 0.2) is 17.5 Å². The summed E-state index contributed by atoms with van der Waals surface area (Å²) in [5, 5.41) is 12.3. The first kappa shape index (κ1) is 34.5. The van der Waals surface area contributed by atoms with Crippen molar-refractivity contribution in [3.8, 4) is 45.5 Å². The van der Waals surface area contributed by atoms with Gasteiger partial charge >= 0.3 is 0 Å². The number of rotatable bonds is 5. The van der Waals surface area contributed by atoms with E-state index in [1.807, 2.05) is 36.4 Å². The molecule has 0 saturated heterocycles. The summed E-state index contributed by atoms with van der Waals surface area (Å²) in [4.78, 5) is 15.3. The maximum Gasteiger partial charge on any atom is 0.164 e. The van der Waals surface area contributed by atoms with E-state index in [0.717, 1.165) is 44.6 Å². The average molecular weight is 790 g/mol. The molecule has 0 amide bonds. The van der Waals surface area contributed by atoms with Crippen LogP contribution in [0, 0.1) is 0 Å². The molecule has 0 saturated carbocycles. The zero-order valence-corrected chi connectivity index (χ0v) is 33.4. The molecule has 5 nitrogen and oxygen atoms in total. The van der Waals surface area contributed by atoms with Gasteiger partial charge in [-0.2, -0.15) is 0 Å². The van der Waals surface area contributed by atoms with Crippen LogP contribution < -0.4 is 0 Å². The molecule has 0 aliphatic rings. The third kappa shape index (κ3) is 5.18. The molecule has 62 heavy (non-hydrogen) atoms. The van der Waals surface area contributed by atoms with Crippen LogP contribution in [0.1, 0.15) is 0 Å². The number of hydrogen-bond donors (Lipinski definition) is 0. The van der Waals surface area contributed by atoms with Gasteiger partial charge in [-0.1, -0.05) is 170 Å². The van der Waals surface area contributed by atoms with Crippen molar-refractivity contribution in [3.05, 3.63) is 212 Å². The minimum Gasteiger partial charge on any atom is -0.307 e. The second kappa shape index (κ2) is 13.6. The normalized spacial score (nSPS) is 11.9. The van der Waals surface area contributed by atoms with Crippen LogP contribution in [0.25, 0.3) is 121 Å². The molecular formula is C57H35N5. The third-order valence-corrected chi connectivity index (χ3v) is 12.5. The maximum atomic E-state index is 5.15. The minimum atomic E-state index is 0.617. The fraction of sp³-hybridized carbons (Fsp3) is 0. The summed E-state index contributed by atoms with van der Waals surface area (Å²) in [6, 6.07) is 75.7. The van der Waals surface area contributed by atoms with Gasteiger partial charge < -0.3 is 9.13 Å². The molecule has 3 heterocycles. The Morgan fingerprint density at radius 1 is 0.242 bits per heavy atom. The molecule has 10 aromatic carbocycles. The van der Waals surface area contributed by atoms with E-state index in [-0.39, 0.29) is 0 Å². The van der Waals surface area contributed by atoms with Gasteiger partial charge in [0.05, 0.1) is 22.1 Å². The fourth-order valence-electron chi connectivity index (χ4n) is 9.78. The van der Waals surface area contributed by atoms with Gasteiger partial charge in [-0.05, 0) is 74.8 Å². The molecule has 13 rings (SSSR count). The highest BCUT2D eigenvalue weighted by molar-refractivity contribution is 6.30. The standard InChI is InChI=1S/C57H35N5/c1-4-17-36(18-5-1)55-58-56(37-19-6-2-7-20-37)60-57(59-55)38-21-16-24-40(33-38)62-52-35-49-44-28-13-11-26-42(44)41-25-10-12-27-43(41)48(49)34-50(52)47-32-31-46-45-29-14-15-30-51(45)61(53(46)54(47)62)39-22-8-3-9-23-39/h1-35H. The van der Waals surface area contributed by atoms with E-state index < -0.39 is 0 Å². The van der Waals surface area contributed by atoms with E-state index in [2.05, 4.69) is 185 Å². The first-order valence-electron chi connectivity index (χ1n) is 21.0. The summed E-state index contributed by atoms with van der Waals surface area (Å²) < 4.78 is 4.93. The molecule has 13 aromatic rings. The lowest BCUT2D eigenvalue weighted by Crippen LogP contribution is -2.01. The van der Waals surface area contributed by atoms with Crippen molar-refractivity contribution in [2.45, 2.75) is 0 Å². The van der Waals surface area contributed by atoms with Crippen molar-refractivity contribution in [2.24, 2.45) is 0 Å². The Labute approximate surface area is 356 Å². The first-order valence-corrected chi connectivity index (χ1v) is 21.0. The molecule has 0 aliphatic carbocycles. The van der Waals surface area contributed by atoms with Gasteiger partial charge in [-0.15, -0.1) is 0 Å². The third-order valence-electron chi connectivity index (χ3n) is 12.5. The highest BCUT2D eigenvalue weighted by atomic mass is 15.1. The van der Waals surface area contributed by atoms with E-state index in [0.29, 0.717) is 17.5 Å². The topological polar surface area (TPSA) is 48.5 Å². The molecule has 0 atom stereocenters. The van der Waals surface area contributed by atoms with Crippen molar-refractivity contribution >= 4 is 75.9 Å². The van der Waals surface area contributed by atoms with Gasteiger partial charge in [-0.25, -0.2) is 15.0 Å². The predicted molar refractivity (Wildman–Crippen MR) is 257 cm³/mol. The number of fused-ring (bicyclic) bond motifs is 13. The zero-order chi connectivity index (χ0) is 40.7. The van der Waals surface area contributed by atoms with Gasteiger partial charge in [0.2, 0.25) is 0 Å². The van der Waals surface area contributed by atoms with Gasteiger partial charge in [0.1, 0.15) is 0 Å². The number of aromatic nitrogens is 5. The summed E-state index contributed by atoms with van der Waals surface area (Å²) in [6.07, 6.45) is 0. The van der Waals surface area contributed by atoms with Gasteiger partial charge in [0.25, 0.3) is 0 Å². The molecule has 3 aromatic heterocycles. The maximum absolute atomic E-state index is 5.15. The smallest absolute Gasteiger partial charge is 0.164 e. The molecule has 0 N–H and O–H groups in total. The number of benzene rings is 10. The Bertz CT molecular complexity index is 3850. The van der Waals surface area contributed by atoms with Crippen molar-refractivity contribution in [1.29, 1.82) is 0 Å². The average Bonchev–Trinajstić information content (AvgIpc) is 3.87. The fourth-order valence-corrected chi connectivity index (χ4v) is 9.78. The van der Waals surface area contributed by atoms with E-state index in [9.17, 15) is 0 Å². The Morgan fingerprint density at radius 2 is 0.661 bits per heavy atom. The van der Waals surface area contributed by atoms with Crippen molar-refractivity contribution in [2.75, 3.05) is 0 Å². The number of nitrogens with zero attached hydrogens (tertiary/aromatic N) is 5. The second-order valence-corrected chi connectivity index (χ2v) is 16.0. The van der Waals surface area contributed by atoms with Crippen LogP contribution in [0.3, 0.4) is 0 Å². The Morgan fingerprint density at radius 3 is 1.26 bits per heavy atom. The highest BCUT2D eigenvalue weighted by Gasteiger charge is 2.23. The van der Waals surface area contributed by atoms with Crippen LogP contribution in [0.2, 0.25) is 0 Å². The molecule has 0 radical (unpaired) electrons. The lowest BCUT2D eigenvalue weighted by atomic mass is 9.93. The number of hydrogen-bond acceptors (Lipinski definition) is 3. The van der Waals surface area contributed by atoms with Crippen LogP contribution in [-0.4, -0.2) is 24.1 Å². The van der Waals surface area contributed by atoms with Crippen molar-refractivity contribution in [3.63, 3.8) is 0 Å². The van der Waals surface area contributed by atoms with Crippen LogP contribution in [-0.2, 0) is 0 Å². The summed E-state index contributed by atoms with van der Waals surface area (Å²) >= 11 is 0. The lowest BCUT2D eigenvalue weighted by molar-refractivity contribution is 1.07. The zero-order valence-electron chi connectivity index (χ0n) is 33.4. The quantitative estimate of drug-likeness (QED) is 0.163. The first-order chi connectivity index (χ1) is 30.8. The van der Waals surface area contributed by atoms with E-state index in [1.165, 1.54) is 59.4 Å². The SMILES string of the molecule is c1ccc(-c2nc(-c3ccccc3)nc(-c3cccc(-n4c5cc6c7ccccc7c7ccccc7c6cc5c5ccc6c7ccccc7n(-c7ccccc7)c6c54)c3)n2)cc1. The molecule has 5 heteroatoms. The molecule has 0 spiro atoms. The van der Waals surface area contributed by atoms with E-state index >= 15 is 0 Å². The van der Waals surface area contributed by atoms with E-state index in [4.69, 9.17) is 15.0 Å². The van der Waals surface area contributed by atoms with Crippen LogP contribution in [0.5, 0.6) is 0 Å². The van der Waals surface area contributed by atoms with Crippen LogP contribution in [0.4, 0.5) is 0 Å². The lowest BCUT2D eigenvalue weighted by Gasteiger charge is -2.14. The van der Waals surface area contributed by atoms with E-state index in [1.54, 1.807) is 0 Å². The molecule has 0 aliphatic heterocycles. The number of para-hydroxylation sites is 2. The van der Waals surface area contributed by atoms with Crippen molar-refractivity contribution < 1.29 is 0 Å². The highest BCUT2D eigenvalue weighted by Crippen LogP contribution is 2.45. The molecular weight excluding hydrogens is 755 g/mol. The molecule has 0 bridgehead atoms. The summed E-state index contributed by atoms with van der Waals surface area (Å²) in [5.74, 6) is 1.89. The summed E-state index contributed by atoms with van der Waals surface area (Å²) in [6.45, 7) is 0.